The molecule has 1 N–H and O–H groups in total. The molecular weight excluding hydrogens is 164 g/mol. The van der Waals surface area contributed by atoms with Gasteiger partial charge < -0.3 is 5.11 Å². The highest BCUT2D eigenvalue weighted by molar-refractivity contribution is 5.76. The summed E-state index contributed by atoms with van der Waals surface area (Å²) in [6, 6.07) is 7.32. The average molecular weight is 176 g/mol. The second-order valence-electron chi connectivity index (χ2n) is 2.70. The van der Waals surface area contributed by atoms with Crippen LogP contribution in [0.25, 0.3) is 6.08 Å². The third kappa shape index (κ3) is 3.22. The van der Waals surface area contributed by atoms with Crippen LogP contribution in [-0.4, -0.2) is 18.0 Å². The highest BCUT2D eigenvalue weighted by Gasteiger charge is 1.89. The minimum Gasteiger partial charge on any atom is -0.396 e. The Kier molecular flexibility index (Phi) is 3.93. The molecule has 0 radical (unpaired) electrons. The molecule has 0 amide bonds. The summed E-state index contributed by atoms with van der Waals surface area (Å²) in [7, 11) is 0. The number of aliphatic hydroxyl groups excluding tert-OH is 1. The Morgan fingerprint density at radius 3 is 2.77 bits per heavy atom. The third-order valence-electron chi connectivity index (χ3n) is 1.65. The molecule has 0 aliphatic heterocycles. The molecule has 0 atom stereocenters. The van der Waals surface area contributed by atoms with Crippen LogP contribution in [-0.2, 0) is 0 Å². The maximum Gasteiger partial charge on any atom is 0.150 e. The van der Waals surface area contributed by atoms with Crippen molar-refractivity contribution in [3.05, 3.63) is 41.5 Å². The zero-order chi connectivity index (χ0) is 9.52. The Bertz CT molecular complexity index is 303. The van der Waals surface area contributed by atoms with Gasteiger partial charge in [-0.2, -0.15) is 0 Å². The van der Waals surface area contributed by atoms with Gasteiger partial charge in [-0.25, -0.2) is 0 Å². The Hall–Kier alpha value is -1.41. The lowest BCUT2D eigenvalue weighted by Gasteiger charge is -1.93. The van der Waals surface area contributed by atoms with Crippen LogP contribution in [0.2, 0.25) is 0 Å². The Morgan fingerprint density at radius 2 is 2.08 bits per heavy atom. The second-order valence-corrected chi connectivity index (χ2v) is 2.70. The molecule has 0 fully saturated rings. The smallest absolute Gasteiger partial charge is 0.150 e. The van der Waals surface area contributed by atoms with Crippen molar-refractivity contribution < 1.29 is 9.90 Å². The topological polar surface area (TPSA) is 37.3 Å². The first kappa shape index (κ1) is 9.68. The molecule has 2 nitrogen and oxygen atoms in total. The van der Waals surface area contributed by atoms with Crippen LogP contribution in [0.15, 0.2) is 30.3 Å². The highest BCUT2D eigenvalue weighted by atomic mass is 16.2. The van der Waals surface area contributed by atoms with Crippen LogP contribution >= 0.6 is 0 Å². The molecule has 0 spiro atoms. The van der Waals surface area contributed by atoms with Crippen molar-refractivity contribution in [1.29, 1.82) is 0 Å². The van der Waals surface area contributed by atoms with E-state index in [4.69, 9.17) is 5.11 Å². The highest BCUT2D eigenvalue weighted by Crippen LogP contribution is 2.05. The fourth-order valence-corrected chi connectivity index (χ4v) is 1.03. The zero-order valence-corrected chi connectivity index (χ0v) is 7.31. The van der Waals surface area contributed by atoms with E-state index in [9.17, 15) is 4.79 Å². The number of hydrogen-bond donors (Lipinski definition) is 1. The summed E-state index contributed by atoms with van der Waals surface area (Å²) >= 11 is 0. The molecule has 0 aromatic heterocycles. The van der Waals surface area contributed by atoms with E-state index in [1.807, 2.05) is 24.3 Å². The van der Waals surface area contributed by atoms with Crippen molar-refractivity contribution in [3.63, 3.8) is 0 Å². The monoisotopic (exact) mass is 176 g/mol. The van der Waals surface area contributed by atoms with Gasteiger partial charge in [0.15, 0.2) is 0 Å². The fourth-order valence-electron chi connectivity index (χ4n) is 1.03. The van der Waals surface area contributed by atoms with Crippen molar-refractivity contribution in [2.45, 2.75) is 6.42 Å². The van der Waals surface area contributed by atoms with Gasteiger partial charge in [0, 0.05) is 12.2 Å². The molecule has 1 rings (SSSR count). The van der Waals surface area contributed by atoms with E-state index < -0.39 is 0 Å². The van der Waals surface area contributed by atoms with Crippen LogP contribution in [0.1, 0.15) is 22.3 Å². The van der Waals surface area contributed by atoms with Gasteiger partial charge in [-0.15, -0.1) is 0 Å². The van der Waals surface area contributed by atoms with Crippen molar-refractivity contribution in [1.82, 2.24) is 0 Å². The van der Waals surface area contributed by atoms with Crippen molar-refractivity contribution in [2.24, 2.45) is 0 Å². The molecule has 1 aromatic rings. The van der Waals surface area contributed by atoms with E-state index in [0.29, 0.717) is 12.0 Å². The van der Waals surface area contributed by atoms with Crippen LogP contribution in [0.4, 0.5) is 0 Å². The molecule has 0 unspecified atom stereocenters. The summed E-state index contributed by atoms with van der Waals surface area (Å²) < 4.78 is 0. The molecule has 0 aliphatic rings. The molecule has 0 heterocycles. The van der Waals surface area contributed by atoms with E-state index >= 15 is 0 Å². The SMILES string of the molecule is O=Cc1cccc(C=CCCO)c1. The third-order valence-corrected chi connectivity index (χ3v) is 1.65. The van der Waals surface area contributed by atoms with E-state index in [1.54, 1.807) is 12.1 Å². The first-order valence-corrected chi connectivity index (χ1v) is 4.19. The van der Waals surface area contributed by atoms with Crippen LogP contribution in [0.5, 0.6) is 0 Å². The van der Waals surface area contributed by atoms with Crippen LogP contribution in [0, 0.1) is 0 Å². The van der Waals surface area contributed by atoms with Crippen molar-refractivity contribution in [2.75, 3.05) is 6.61 Å². The van der Waals surface area contributed by atoms with E-state index in [1.165, 1.54) is 0 Å². The minimum absolute atomic E-state index is 0.157. The van der Waals surface area contributed by atoms with Gasteiger partial charge >= 0.3 is 0 Å². The predicted octanol–water partition coefficient (Wildman–Crippen LogP) is 1.89. The summed E-state index contributed by atoms with van der Waals surface area (Å²) in [6.45, 7) is 0.157. The van der Waals surface area contributed by atoms with E-state index in [-0.39, 0.29) is 6.61 Å². The van der Waals surface area contributed by atoms with Gasteiger partial charge in [-0.3, -0.25) is 4.79 Å². The number of benzene rings is 1. The van der Waals surface area contributed by atoms with Gasteiger partial charge in [0.2, 0.25) is 0 Å². The van der Waals surface area contributed by atoms with Crippen molar-refractivity contribution >= 4 is 12.4 Å². The fraction of sp³-hybridized carbons (Fsp3) is 0.182. The van der Waals surface area contributed by atoms with Gasteiger partial charge in [0.1, 0.15) is 6.29 Å². The molecule has 0 saturated heterocycles. The maximum absolute atomic E-state index is 10.4. The number of rotatable bonds is 4. The Morgan fingerprint density at radius 1 is 1.31 bits per heavy atom. The number of aldehydes is 1. The first-order valence-electron chi connectivity index (χ1n) is 4.19. The molecule has 2 heteroatoms. The summed E-state index contributed by atoms with van der Waals surface area (Å²) in [4.78, 5) is 10.4. The Balaban J connectivity index is 2.71. The van der Waals surface area contributed by atoms with E-state index in [0.717, 1.165) is 11.8 Å². The zero-order valence-electron chi connectivity index (χ0n) is 7.31. The predicted molar refractivity (Wildman–Crippen MR) is 52.6 cm³/mol. The van der Waals surface area contributed by atoms with Crippen LogP contribution in [0.3, 0.4) is 0 Å². The molecule has 1 aromatic carbocycles. The van der Waals surface area contributed by atoms with Crippen LogP contribution < -0.4 is 0 Å². The molecule has 0 aliphatic carbocycles. The Labute approximate surface area is 77.5 Å². The quantitative estimate of drug-likeness (QED) is 0.711. The largest absolute Gasteiger partial charge is 0.396 e. The number of hydrogen-bond acceptors (Lipinski definition) is 2. The molecule has 13 heavy (non-hydrogen) atoms. The molecule has 0 saturated carbocycles. The van der Waals surface area contributed by atoms with E-state index in [2.05, 4.69) is 0 Å². The lowest BCUT2D eigenvalue weighted by atomic mass is 10.1. The number of aliphatic hydroxyl groups is 1. The minimum atomic E-state index is 0.157. The normalized spacial score (nSPS) is 10.5. The summed E-state index contributed by atoms with van der Waals surface area (Å²) in [5.41, 5.74) is 1.66. The molecule has 68 valence electrons. The first-order chi connectivity index (χ1) is 6.36. The van der Waals surface area contributed by atoms with Gasteiger partial charge in [0.25, 0.3) is 0 Å². The lowest BCUT2D eigenvalue weighted by molar-refractivity contribution is 0.112. The second kappa shape index (κ2) is 5.27. The summed E-state index contributed by atoms with van der Waals surface area (Å²) in [6.07, 6.45) is 5.24. The van der Waals surface area contributed by atoms with Gasteiger partial charge in [-0.05, 0) is 18.1 Å². The summed E-state index contributed by atoms with van der Waals surface area (Å²) in [5.74, 6) is 0. The summed E-state index contributed by atoms with van der Waals surface area (Å²) in [5, 5.41) is 8.54. The number of carbonyl (C=O) groups is 1. The number of carbonyl (C=O) groups excluding carboxylic acids is 1. The standard InChI is InChI=1S/C11H12O2/c12-7-2-1-4-10-5-3-6-11(8-10)9-13/h1,3-6,8-9,12H,2,7H2. The molecular formula is C11H12O2. The maximum atomic E-state index is 10.4. The lowest BCUT2D eigenvalue weighted by Crippen LogP contribution is -1.80. The van der Waals surface area contributed by atoms with Gasteiger partial charge in [-0.1, -0.05) is 30.4 Å². The average Bonchev–Trinajstić information content (AvgIpc) is 2.19. The van der Waals surface area contributed by atoms with Crippen molar-refractivity contribution in [3.8, 4) is 0 Å². The van der Waals surface area contributed by atoms with Gasteiger partial charge in [0.05, 0.1) is 0 Å². The molecule has 0 bridgehead atoms.